The minimum atomic E-state index is -0.653. The molecule has 1 aliphatic carbocycles. The van der Waals surface area contributed by atoms with E-state index in [1.165, 1.54) is 0 Å². The molecule has 1 N–H and O–H groups in total. The molecule has 0 aromatic heterocycles. The number of nitrogens with one attached hydrogen (secondary N) is 1. The van der Waals surface area contributed by atoms with Gasteiger partial charge in [0.05, 0.1) is 16.5 Å². The molecule has 36 heavy (non-hydrogen) atoms. The van der Waals surface area contributed by atoms with Gasteiger partial charge >= 0.3 is 0 Å². The molecule has 188 valence electrons. The maximum atomic E-state index is 13.8. The lowest BCUT2D eigenvalue weighted by Crippen LogP contribution is -2.52. The molecule has 3 aromatic carbocycles. The van der Waals surface area contributed by atoms with Gasteiger partial charge in [0.15, 0.2) is 0 Å². The van der Waals surface area contributed by atoms with Crippen LogP contribution in [-0.2, 0) is 29.0 Å². The molecule has 0 radical (unpaired) electrons. The van der Waals surface area contributed by atoms with Gasteiger partial charge in [0, 0.05) is 19.0 Å². The summed E-state index contributed by atoms with van der Waals surface area (Å²) in [6.45, 7) is 2.27. The van der Waals surface area contributed by atoms with E-state index in [1.54, 1.807) is 17.0 Å². The van der Waals surface area contributed by atoms with E-state index in [0.717, 1.165) is 47.9 Å². The number of amides is 2. The molecule has 6 heteroatoms. The summed E-state index contributed by atoms with van der Waals surface area (Å²) in [6, 6.07) is 22.7. The molecular weight excluding hydrogens is 491 g/mol. The highest BCUT2D eigenvalue weighted by atomic mass is 35.5. The van der Waals surface area contributed by atoms with Crippen molar-refractivity contribution < 1.29 is 9.59 Å². The number of carbonyl (C=O) groups is 2. The highest BCUT2D eigenvalue weighted by Crippen LogP contribution is 2.25. The first-order valence-electron chi connectivity index (χ1n) is 12.5. The van der Waals surface area contributed by atoms with Gasteiger partial charge in [-0.25, -0.2) is 0 Å². The van der Waals surface area contributed by atoms with Crippen molar-refractivity contribution in [3.8, 4) is 0 Å². The van der Waals surface area contributed by atoms with E-state index >= 15 is 0 Å². The van der Waals surface area contributed by atoms with Gasteiger partial charge in [-0.1, -0.05) is 102 Å². The topological polar surface area (TPSA) is 49.4 Å². The van der Waals surface area contributed by atoms with Crippen LogP contribution in [0.2, 0.25) is 10.0 Å². The Bertz CT molecular complexity index is 1190. The van der Waals surface area contributed by atoms with Gasteiger partial charge in [0.25, 0.3) is 0 Å². The van der Waals surface area contributed by atoms with E-state index in [-0.39, 0.29) is 30.8 Å². The molecule has 0 bridgehead atoms. The Labute approximate surface area is 223 Å². The molecule has 0 spiro atoms. The fraction of sp³-hybridized carbons (Fsp3) is 0.333. The van der Waals surface area contributed by atoms with Crippen LogP contribution < -0.4 is 5.32 Å². The van der Waals surface area contributed by atoms with Gasteiger partial charge in [0.1, 0.15) is 6.04 Å². The normalized spacial score (nSPS) is 14.4. The van der Waals surface area contributed by atoms with Gasteiger partial charge < -0.3 is 10.2 Å². The number of rotatable bonds is 9. The number of benzene rings is 3. The third-order valence-electron chi connectivity index (χ3n) is 6.75. The van der Waals surface area contributed by atoms with E-state index in [0.29, 0.717) is 16.5 Å². The van der Waals surface area contributed by atoms with Crippen LogP contribution in [0.25, 0.3) is 0 Å². The quantitative estimate of drug-likeness (QED) is 0.346. The lowest BCUT2D eigenvalue weighted by Gasteiger charge is -2.32. The molecule has 1 aliphatic rings. The van der Waals surface area contributed by atoms with Gasteiger partial charge in [-0.3, -0.25) is 9.59 Å². The Morgan fingerprint density at radius 3 is 2.31 bits per heavy atom. The van der Waals surface area contributed by atoms with Crippen molar-refractivity contribution in [2.45, 2.75) is 64.1 Å². The summed E-state index contributed by atoms with van der Waals surface area (Å²) in [4.78, 5) is 29.3. The maximum absolute atomic E-state index is 13.8. The van der Waals surface area contributed by atoms with Crippen molar-refractivity contribution >= 4 is 35.0 Å². The molecule has 1 saturated carbocycles. The van der Waals surface area contributed by atoms with Crippen molar-refractivity contribution in [1.29, 1.82) is 0 Å². The standard InChI is InChI=1S/C30H32Cl2N2O2/c1-21-8-7-11-23(16-21)19-29(35)34(20-24-14-15-26(31)27(32)17-24)28(18-22-9-3-2-4-10-22)30(36)33-25-12-5-6-13-25/h2-4,7-11,14-17,25,28H,5-6,12-13,18-20H2,1H3,(H,33,36)/t28-/m0/s1. The van der Waals surface area contributed by atoms with Gasteiger partial charge in [-0.05, 0) is 48.6 Å². The fourth-order valence-electron chi connectivity index (χ4n) is 4.85. The predicted molar refractivity (Wildman–Crippen MR) is 146 cm³/mol. The number of aryl methyl sites for hydroxylation is 1. The number of nitrogens with zero attached hydrogens (tertiary/aromatic N) is 1. The summed E-state index contributed by atoms with van der Waals surface area (Å²) in [6.07, 6.45) is 4.84. The van der Waals surface area contributed by atoms with Crippen LogP contribution in [0.4, 0.5) is 0 Å². The molecule has 0 unspecified atom stereocenters. The Balaban J connectivity index is 1.67. The van der Waals surface area contributed by atoms with Crippen molar-refractivity contribution in [3.63, 3.8) is 0 Å². The maximum Gasteiger partial charge on any atom is 0.243 e. The van der Waals surface area contributed by atoms with E-state index in [4.69, 9.17) is 23.2 Å². The van der Waals surface area contributed by atoms with E-state index in [2.05, 4.69) is 5.32 Å². The van der Waals surface area contributed by atoms with Crippen LogP contribution >= 0.6 is 23.2 Å². The zero-order chi connectivity index (χ0) is 25.5. The van der Waals surface area contributed by atoms with Crippen molar-refractivity contribution in [3.05, 3.63) is 105 Å². The van der Waals surface area contributed by atoms with Crippen LogP contribution in [0.15, 0.2) is 72.8 Å². The van der Waals surface area contributed by atoms with E-state index in [9.17, 15) is 9.59 Å². The molecule has 0 saturated heterocycles. The Morgan fingerprint density at radius 1 is 0.889 bits per heavy atom. The van der Waals surface area contributed by atoms with Crippen LogP contribution in [0, 0.1) is 6.92 Å². The lowest BCUT2D eigenvalue weighted by atomic mass is 10.0. The SMILES string of the molecule is Cc1cccc(CC(=O)N(Cc2ccc(Cl)c(Cl)c2)[C@@H](Cc2ccccc2)C(=O)NC2CCCC2)c1. The van der Waals surface area contributed by atoms with Crippen LogP contribution in [0.3, 0.4) is 0 Å². The number of halogens is 2. The highest BCUT2D eigenvalue weighted by Gasteiger charge is 2.32. The molecular formula is C30H32Cl2N2O2. The summed E-state index contributed by atoms with van der Waals surface area (Å²) < 4.78 is 0. The molecule has 0 heterocycles. The number of hydrogen-bond donors (Lipinski definition) is 1. The third kappa shape index (κ3) is 7.11. The van der Waals surface area contributed by atoms with Crippen LogP contribution in [0.5, 0.6) is 0 Å². The summed E-state index contributed by atoms with van der Waals surface area (Å²) in [7, 11) is 0. The molecule has 3 aromatic rings. The smallest absolute Gasteiger partial charge is 0.243 e. The number of hydrogen-bond acceptors (Lipinski definition) is 2. The van der Waals surface area contributed by atoms with E-state index < -0.39 is 6.04 Å². The summed E-state index contributed by atoms with van der Waals surface area (Å²) in [5, 5.41) is 4.12. The molecule has 1 fully saturated rings. The Hall–Kier alpha value is -2.82. The summed E-state index contributed by atoms with van der Waals surface area (Å²) in [5.74, 6) is -0.211. The van der Waals surface area contributed by atoms with Crippen molar-refractivity contribution in [1.82, 2.24) is 10.2 Å². The fourth-order valence-corrected chi connectivity index (χ4v) is 5.18. The first-order valence-corrected chi connectivity index (χ1v) is 13.3. The van der Waals surface area contributed by atoms with Crippen LogP contribution in [0.1, 0.15) is 47.9 Å². The Morgan fingerprint density at radius 2 is 1.61 bits per heavy atom. The second kappa shape index (κ2) is 12.4. The predicted octanol–water partition coefficient (Wildman–Crippen LogP) is 6.54. The number of carbonyl (C=O) groups excluding carboxylic acids is 2. The third-order valence-corrected chi connectivity index (χ3v) is 7.49. The lowest BCUT2D eigenvalue weighted by molar-refractivity contribution is -0.141. The van der Waals surface area contributed by atoms with Crippen LogP contribution in [-0.4, -0.2) is 28.8 Å². The summed E-state index contributed by atoms with van der Waals surface area (Å²) in [5.41, 5.74) is 3.85. The first-order chi connectivity index (χ1) is 17.4. The van der Waals surface area contributed by atoms with Gasteiger partial charge in [0.2, 0.25) is 11.8 Å². The second-order valence-corrected chi connectivity index (χ2v) is 10.4. The first kappa shape index (κ1) is 26.2. The minimum absolute atomic E-state index is 0.103. The summed E-state index contributed by atoms with van der Waals surface area (Å²) >= 11 is 12.4. The molecule has 0 aliphatic heterocycles. The van der Waals surface area contributed by atoms with Gasteiger partial charge in [-0.15, -0.1) is 0 Å². The highest BCUT2D eigenvalue weighted by molar-refractivity contribution is 6.42. The minimum Gasteiger partial charge on any atom is -0.352 e. The van der Waals surface area contributed by atoms with E-state index in [1.807, 2.05) is 67.6 Å². The second-order valence-electron chi connectivity index (χ2n) is 9.63. The average molecular weight is 524 g/mol. The average Bonchev–Trinajstić information content (AvgIpc) is 3.37. The molecule has 2 amide bonds. The van der Waals surface area contributed by atoms with Crippen molar-refractivity contribution in [2.24, 2.45) is 0 Å². The molecule has 4 rings (SSSR count). The Kier molecular flexibility index (Phi) is 9.06. The largest absolute Gasteiger partial charge is 0.352 e. The molecule has 4 nitrogen and oxygen atoms in total. The zero-order valence-corrected chi connectivity index (χ0v) is 22.1. The molecule has 1 atom stereocenters. The van der Waals surface area contributed by atoms with Crippen molar-refractivity contribution in [2.75, 3.05) is 0 Å². The zero-order valence-electron chi connectivity index (χ0n) is 20.6. The monoisotopic (exact) mass is 522 g/mol. The van der Waals surface area contributed by atoms with Gasteiger partial charge in [-0.2, -0.15) is 0 Å².